The zero-order valence-electron chi connectivity index (χ0n) is 20.5. The van der Waals surface area contributed by atoms with E-state index in [-0.39, 0.29) is 36.5 Å². The predicted molar refractivity (Wildman–Crippen MR) is 128 cm³/mol. The number of ether oxygens (including phenoxy) is 1. The molecule has 188 valence electrons. The second-order valence-corrected chi connectivity index (χ2v) is 10.4. The van der Waals surface area contributed by atoms with Gasteiger partial charge in [-0.15, -0.1) is 13.2 Å². The third-order valence-electron chi connectivity index (χ3n) is 8.40. The standard InChI is InChI=1S/C26H39N3O5/c1-5-14-27(4)23(31)20-19-12-13-26(34-19)21(20)24(32)29(17(3)16-30)22(26)25(33)28(15-6-2)18-10-8-7-9-11-18/h5-6,17-22,30H,1-2,7-16H2,3-4H3/t17-,19-,20+,21+,22?,26?/m1/s1. The van der Waals surface area contributed by atoms with Crippen LogP contribution in [0.4, 0.5) is 0 Å². The van der Waals surface area contributed by atoms with Crippen LogP contribution in [0.25, 0.3) is 0 Å². The average Bonchev–Trinajstić information content (AvgIpc) is 3.49. The molecule has 0 aromatic heterocycles. The molecule has 8 heteroatoms. The van der Waals surface area contributed by atoms with Crippen molar-refractivity contribution >= 4 is 17.7 Å². The Hall–Kier alpha value is -2.19. The SMILES string of the molecule is C=CCN(C)C(=O)[C@@H]1[C@H]2C(=O)N([C@H](C)CO)C(C(=O)N(CC=C)C3CCCCC3)C23CC[C@H]1O3. The van der Waals surface area contributed by atoms with E-state index in [9.17, 15) is 19.5 Å². The van der Waals surface area contributed by atoms with Crippen LogP contribution in [0.15, 0.2) is 25.3 Å². The molecular weight excluding hydrogens is 434 g/mol. The Bertz CT molecular complexity index is 840. The van der Waals surface area contributed by atoms with Crippen LogP contribution in [0.2, 0.25) is 0 Å². The molecule has 0 radical (unpaired) electrons. The Labute approximate surface area is 202 Å². The number of carbonyl (C=O) groups excluding carboxylic acids is 3. The van der Waals surface area contributed by atoms with E-state index in [1.165, 1.54) is 11.3 Å². The highest BCUT2D eigenvalue weighted by Crippen LogP contribution is 2.59. The molecule has 1 aliphatic carbocycles. The van der Waals surface area contributed by atoms with Crippen LogP contribution in [0, 0.1) is 11.8 Å². The van der Waals surface area contributed by atoms with Gasteiger partial charge in [0.1, 0.15) is 11.6 Å². The minimum Gasteiger partial charge on any atom is -0.394 e. The molecule has 1 N–H and O–H groups in total. The Morgan fingerprint density at radius 2 is 1.85 bits per heavy atom. The second kappa shape index (κ2) is 9.82. The lowest BCUT2D eigenvalue weighted by Gasteiger charge is -2.41. The van der Waals surface area contributed by atoms with Crippen molar-refractivity contribution in [2.24, 2.45) is 11.8 Å². The Morgan fingerprint density at radius 1 is 1.18 bits per heavy atom. The van der Waals surface area contributed by atoms with Gasteiger partial charge >= 0.3 is 0 Å². The van der Waals surface area contributed by atoms with Crippen LogP contribution in [-0.2, 0) is 19.1 Å². The van der Waals surface area contributed by atoms with Crippen molar-refractivity contribution in [1.29, 1.82) is 0 Å². The highest BCUT2D eigenvalue weighted by Gasteiger charge is 2.75. The number of aliphatic hydroxyl groups is 1. The fourth-order valence-electron chi connectivity index (χ4n) is 6.86. The monoisotopic (exact) mass is 473 g/mol. The number of hydrogen-bond acceptors (Lipinski definition) is 5. The van der Waals surface area contributed by atoms with Crippen molar-refractivity contribution in [1.82, 2.24) is 14.7 Å². The number of fused-ring (bicyclic) bond motifs is 1. The number of likely N-dealkylation sites (tertiary alicyclic amines) is 1. The molecule has 0 aromatic rings. The maximum absolute atomic E-state index is 14.3. The highest BCUT2D eigenvalue weighted by atomic mass is 16.5. The summed E-state index contributed by atoms with van der Waals surface area (Å²) in [5, 5.41) is 10.0. The van der Waals surface area contributed by atoms with Crippen molar-refractivity contribution in [2.45, 2.75) is 81.7 Å². The van der Waals surface area contributed by atoms with Crippen LogP contribution in [0.1, 0.15) is 51.9 Å². The van der Waals surface area contributed by atoms with Gasteiger partial charge in [-0.3, -0.25) is 14.4 Å². The van der Waals surface area contributed by atoms with Gasteiger partial charge in [-0.2, -0.15) is 0 Å². The van der Waals surface area contributed by atoms with Gasteiger partial charge in [0.15, 0.2) is 0 Å². The normalized spacial score (nSPS) is 33.5. The zero-order chi connectivity index (χ0) is 24.6. The zero-order valence-corrected chi connectivity index (χ0v) is 20.5. The molecular formula is C26H39N3O5. The van der Waals surface area contributed by atoms with Crippen LogP contribution in [0.3, 0.4) is 0 Å². The molecule has 34 heavy (non-hydrogen) atoms. The van der Waals surface area contributed by atoms with E-state index in [1.807, 2.05) is 4.90 Å². The van der Waals surface area contributed by atoms with Gasteiger partial charge in [-0.25, -0.2) is 0 Å². The summed E-state index contributed by atoms with van der Waals surface area (Å²) in [5.41, 5.74) is -1.04. The second-order valence-electron chi connectivity index (χ2n) is 10.4. The van der Waals surface area contributed by atoms with E-state index >= 15 is 0 Å². The number of rotatable bonds is 9. The van der Waals surface area contributed by atoms with E-state index in [1.54, 1.807) is 31.0 Å². The summed E-state index contributed by atoms with van der Waals surface area (Å²) in [6.45, 7) is 9.86. The molecule has 1 spiro atoms. The van der Waals surface area contributed by atoms with E-state index in [0.717, 1.165) is 25.7 Å². The van der Waals surface area contributed by atoms with Gasteiger partial charge in [0.05, 0.1) is 30.6 Å². The number of aliphatic hydroxyl groups excluding tert-OH is 1. The van der Waals surface area contributed by atoms with Crippen molar-refractivity contribution in [2.75, 3.05) is 26.7 Å². The maximum atomic E-state index is 14.3. The van der Waals surface area contributed by atoms with E-state index in [0.29, 0.717) is 25.9 Å². The largest absolute Gasteiger partial charge is 0.394 e. The molecule has 0 aromatic carbocycles. The summed E-state index contributed by atoms with van der Waals surface area (Å²) in [6, 6.07) is -1.30. The lowest BCUT2D eigenvalue weighted by molar-refractivity contribution is -0.153. The summed E-state index contributed by atoms with van der Waals surface area (Å²) in [6.07, 6.45) is 9.39. The average molecular weight is 474 g/mol. The molecule has 8 nitrogen and oxygen atoms in total. The third-order valence-corrected chi connectivity index (χ3v) is 8.40. The first-order valence-electron chi connectivity index (χ1n) is 12.7. The number of nitrogens with zero attached hydrogens (tertiary/aromatic N) is 3. The van der Waals surface area contributed by atoms with Crippen LogP contribution >= 0.6 is 0 Å². The number of likely N-dealkylation sites (N-methyl/N-ethyl adjacent to an activating group) is 1. The molecule has 4 rings (SSSR count). The van der Waals surface area contributed by atoms with Crippen LogP contribution < -0.4 is 0 Å². The van der Waals surface area contributed by atoms with Crippen molar-refractivity contribution in [3.05, 3.63) is 25.3 Å². The Kier molecular flexibility index (Phi) is 7.20. The summed E-state index contributed by atoms with van der Waals surface area (Å²) in [5.74, 6) is -1.89. The molecule has 2 bridgehead atoms. The summed E-state index contributed by atoms with van der Waals surface area (Å²) >= 11 is 0. The van der Waals surface area contributed by atoms with Gasteiger partial charge in [-0.1, -0.05) is 31.4 Å². The molecule has 1 saturated carbocycles. The fourth-order valence-corrected chi connectivity index (χ4v) is 6.86. The van der Waals surface area contributed by atoms with Crippen molar-refractivity contribution in [3.8, 4) is 0 Å². The Balaban J connectivity index is 1.73. The molecule has 3 amide bonds. The molecule has 4 fully saturated rings. The first kappa shape index (κ1) is 24.9. The Morgan fingerprint density at radius 3 is 2.47 bits per heavy atom. The summed E-state index contributed by atoms with van der Waals surface area (Å²) in [4.78, 5) is 46.5. The minimum atomic E-state index is -1.04. The topological polar surface area (TPSA) is 90.4 Å². The summed E-state index contributed by atoms with van der Waals surface area (Å²) in [7, 11) is 1.70. The predicted octanol–water partition coefficient (Wildman–Crippen LogP) is 1.73. The lowest BCUT2D eigenvalue weighted by Crippen LogP contribution is -2.60. The quantitative estimate of drug-likeness (QED) is 0.515. The molecule has 2 unspecified atom stereocenters. The smallest absolute Gasteiger partial charge is 0.248 e. The minimum absolute atomic E-state index is 0.103. The van der Waals surface area contributed by atoms with Gasteiger partial charge < -0.3 is 24.5 Å². The number of amides is 3. The summed E-state index contributed by atoms with van der Waals surface area (Å²) < 4.78 is 6.50. The molecule has 3 aliphatic heterocycles. The van der Waals surface area contributed by atoms with Gasteiger partial charge in [-0.05, 0) is 32.6 Å². The first-order valence-corrected chi connectivity index (χ1v) is 12.7. The first-order chi connectivity index (χ1) is 16.3. The third kappa shape index (κ3) is 3.79. The van der Waals surface area contributed by atoms with E-state index < -0.39 is 29.5 Å². The van der Waals surface area contributed by atoms with Crippen LogP contribution in [0.5, 0.6) is 0 Å². The molecule has 6 atom stereocenters. The van der Waals surface area contributed by atoms with Crippen molar-refractivity contribution in [3.63, 3.8) is 0 Å². The highest BCUT2D eigenvalue weighted by molar-refractivity contribution is 5.99. The van der Waals surface area contributed by atoms with E-state index in [4.69, 9.17) is 4.74 Å². The van der Waals surface area contributed by atoms with E-state index in [2.05, 4.69) is 13.2 Å². The number of carbonyl (C=O) groups is 3. The maximum Gasteiger partial charge on any atom is 0.248 e. The molecule has 4 aliphatic rings. The van der Waals surface area contributed by atoms with Crippen molar-refractivity contribution < 1.29 is 24.2 Å². The lowest BCUT2D eigenvalue weighted by atomic mass is 9.70. The van der Waals surface area contributed by atoms with Crippen LogP contribution in [-0.4, -0.2) is 94.1 Å². The van der Waals surface area contributed by atoms with Gasteiger partial charge in [0.25, 0.3) is 0 Å². The number of hydrogen-bond donors (Lipinski definition) is 1. The molecule has 3 saturated heterocycles. The fraction of sp³-hybridized carbons (Fsp3) is 0.731. The van der Waals surface area contributed by atoms with Gasteiger partial charge in [0.2, 0.25) is 17.7 Å². The molecule has 3 heterocycles. The van der Waals surface area contributed by atoms with Gasteiger partial charge in [0, 0.05) is 26.2 Å².